The average molecular weight is 282 g/mol. The number of aromatic nitrogens is 1. The molecule has 0 amide bonds. The molecule has 0 fully saturated rings. The van der Waals surface area contributed by atoms with Crippen molar-refractivity contribution in [1.29, 1.82) is 0 Å². The lowest BCUT2D eigenvalue weighted by molar-refractivity contribution is -0.155. The van der Waals surface area contributed by atoms with E-state index in [2.05, 4.69) is 5.16 Å². The highest BCUT2D eigenvalue weighted by molar-refractivity contribution is 5.69. The van der Waals surface area contributed by atoms with Crippen molar-refractivity contribution >= 4 is 5.97 Å². The standard InChI is InChI=1S/C10H13F3N2O4/c1-18-5-8-2-7(14-19-8)3-15(4-9(16)17)6-10(11,12)13/h2H,3-6H2,1H3,(H,16,17). The molecule has 0 aliphatic carbocycles. The second kappa shape index (κ2) is 6.53. The normalized spacial score (nSPS) is 12.1. The molecular weight excluding hydrogens is 269 g/mol. The van der Waals surface area contributed by atoms with Crippen LogP contribution in [-0.4, -0.2) is 47.5 Å². The summed E-state index contributed by atoms with van der Waals surface area (Å²) in [5, 5.41) is 12.1. The summed E-state index contributed by atoms with van der Waals surface area (Å²) >= 11 is 0. The molecule has 0 bridgehead atoms. The minimum Gasteiger partial charge on any atom is -0.480 e. The Balaban J connectivity index is 2.67. The fourth-order valence-corrected chi connectivity index (χ4v) is 1.48. The quantitative estimate of drug-likeness (QED) is 0.811. The van der Waals surface area contributed by atoms with Gasteiger partial charge in [-0.05, 0) is 0 Å². The monoisotopic (exact) mass is 282 g/mol. The highest BCUT2D eigenvalue weighted by Crippen LogP contribution is 2.18. The van der Waals surface area contributed by atoms with Crippen molar-refractivity contribution in [3.05, 3.63) is 17.5 Å². The Hall–Kier alpha value is -1.61. The number of alkyl halides is 3. The summed E-state index contributed by atoms with van der Waals surface area (Å²) in [5.74, 6) is -0.982. The Labute approximate surface area is 106 Å². The summed E-state index contributed by atoms with van der Waals surface area (Å²) in [4.78, 5) is 11.2. The summed E-state index contributed by atoms with van der Waals surface area (Å²) in [6.07, 6.45) is -4.48. The van der Waals surface area contributed by atoms with Crippen molar-refractivity contribution < 1.29 is 32.3 Å². The largest absolute Gasteiger partial charge is 0.480 e. The third kappa shape index (κ3) is 6.20. The van der Waals surface area contributed by atoms with E-state index in [1.807, 2.05) is 0 Å². The van der Waals surface area contributed by atoms with Crippen molar-refractivity contribution in [1.82, 2.24) is 10.1 Å². The molecule has 19 heavy (non-hydrogen) atoms. The first-order valence-electron chi connectivity index (χ1n) is 5.24. The van der Waals surface area contributed by atoms with Crippen molar-refractivity contribution in [2.75, 3.05) is 20.2 Å². The first-order chi connectivity index (χ1) is 8.80. The van der Waals surface area contributed by atoms with Gasteiger partial charge in [0.15, 0.2) is 5.76 Å². The minimum absolute atomic E-state index is 0.144. The highest BCUT2D eigenvalue weighted by atomic mass is 19.4. The third-order valence-corrected chi connectivity index (χ3v) is 2.04. The Morgan fingerprint density at radius 2 is 2.26 bits per heavy atom. The molecule has 0 radical (unpaired) electrons. The Morgan fingerprint density at radius 3 is 2.79 bits per heavy atom. The van der Waals surface area contributed by atoms with Crippen LogP contribution >= 0.6 is 0 Å². The molecule has 1 aromatic heterocycles. The van der Waals surface area contributed by atoms with Crippen molar-refractivity contribution in [2.45, 2.75) is 19.3 Å². The molecule has 9 heteroatoms. The van der Waals surface area contributed by atoms with E-state index >= 15 is 0 Å². The van der Waals surface area contributed by atoms with Crippen LogP contribution in [0.1, 0.15) is 11.5 Å². The third-order valence-electron chi connectivity index (χ3n) is 2.04. The van der Waals surface area contributed by atoms with Gasteiger partial charge < -0.3 is 14.4 Å². The molecule has 108 valence electrons. The molecule has 1 aromatic rings. The van der Waals surface area contributed by atoms with Gasteiger partial charge in [0.2, 0.25) is 0 Å². The predicted octanol–water partition coefficient (Wildman–Crippen LogP) is 1.27. The summed E-state index contributed by atoms with van der Waals surface area (Å²) in [7, 11) is 1.43. The smallest absolute Gasteiger partial charge is 0.401 e. The van der Waals surface area contributed by atoms with Crippen LogP contribution in [0, 0.1) is 0 Å². The molecule has 0 saturated heterocycles. The van der Waals surface area contributed by atoms with E-state index in [-0.39, 0.29) is 18.8 Å². The van der Waals surface area contributed by atoms with Gasteiger partial charge in [-0.1, -0.05) is 5.16 Å². The fourth-order valence-electron chi connectivity index (χ4n) is 1.48. The topological polar surface area (TPSA) is 75.8 Å². The van der Waals surface area contributed by atoms with Gasteiger partial charge in [0.1, 0.15) is 6.61 Å². The van der Waals surface area contributed by atoms with Gasteiger partial charge in [-0.25, -0.2) is 0 Å². The maximum absolute atomic E-state index is 12.3. The summed E-state index contributed by atoms with van der Waals surface area (Å²) in [6.45, 7) is -2.18. The van der Waals surface area contributed by atoms with E-state index in [0.717, 1.165) is 4.90 Å². The second-order valence-corrected chi connectivity index (χ2v) is 3.87. The average Bonchev–Trinajstić information content (AvgIpc) is 2.62. The molecule has 1 heterocycles. The number of halogens is 3. The number of nitrogens with zero attached hydrogens (tertiary/aromatic N) is 2. The fraction of sp³-hybridized carbons (Fsp3) is 0.600. The molecule has 0 atom stereocenters. The Bertz CT molecular complexity index is 419. The van der Waals surface area contributed by atoms with E-state index in [1.54, 1.807) is 0 Å². The molecule has 0 aromatic carbocycles. The van der Waals surface area contributed by atoms with E-state index in [9.17, 15) is 18.0 Å². The lowest BCUT2D eigenvalue weighted by Crippen LogP contribution is -2.37. The SMILES string of the molecule is COCc1cc(CN(CC(=O)O)CC(F)(F)F)no1. The number of hydrogen-bond acceptors (Lipinski definition) is 5. The van der Waals surface area contributed by atoms with Gasteiger partial charge in [0.05, 0.1) is 18.8 Å². The van der Waals surface area contributed by atoms with Crippen LogP contribution in [0.25, 0.3) is 0 Å². The van der Waals surface area contributed by atoms with E-state index < -0.39 is 25.2 Å². The maximum atomic E-state index is 12.3. The van der Waals surface area contributed by atoms with E-state index in [1.165, 1.54) is 13.2 Å². The zero-order chi connectivity index (χ0) is 14.5. The van der Waals surface area contributed by atoms with E-state index in [4.69, 9.17) is 14.4 Å². The van der Waals surface area contributed by atoms with Crippen molar-refractivity contribution in [3.8, 4) is 0 Å². The highest BCUT2D eigenvalue weighted by Gasteiger charge is 2.31. The van der Waals surface area contributed by atoms with Crippen LogP contribution in [0.4, 0.5) is 13.2 Å². The van der Waals surface area contributed by atoms with Gasteiger partial charge in [-0.3, -0.25) is 9.69 Å². The minimum atomic E-state index is -4.48. The van der Waals surface area contributed by atoms with Crippen LogP contribution in [0.15, 0.2) is 10.6 Å². The van der Waals surface area contributed by atoms with Crippen LogP contribution in [-0.2, 0) is 22.7 Å². The van der Waals surface area contributed by atoms with Gasteiger partial charge in [0, 0.05) is 19.7 Å². The van der Waals surface area contributed by atoms with Crippen LogP contribution in [0.2, 0.25) is 0 Å². The number of methoxy groups -OCH3 is 1. The molecular formula is C10H13F3N2O4. The van der Waals surface area contributed by atoms with Gasteiger partial charge in [0.25, 0.3) is 0 Å². The van der Waals surface area contributed by atoms with Gasteiger partial charge >= 0.3 is 12.1 Å². The molecule has 6 nitrogen and oxygen atoms in total. The number of carboxylic acid groups (broad SMARTS) is 1. The lowest BCUT2D eigenvalue weighted by Gasteiger charge is -2.20. The van der Waals surface area contributed by atoms with Crippen LogP contribution < -0.4 is 0 Å². The molecule has 1 N–H and O–H groups in total. The molecule has 0 unspecified atom stereocenters. The van der Waals surface area contributed by atoms with Crippen LogP contribution in [0.3, 0.4) is 0 Å². The first-order valence-corrected chi connectivity index (χ1v) is 5.24. The van der Waals surface area contributed by atoms with Crippen molar-refractivity contribution in [2.24, 2.45) is 0 Å². The lowest BCUT2D eigenvalue weighted by atomic mass is 10.3. The van der Waals surface area contributed by atoms with Gasteiger partial charge in [-0.2, -0.15) is 13.2 Å². The number of carbonyl (C=O) groups is 1. The maximum Gasteiger partial charge on any atom is 0.401 e. The predicted molar refractivity (Wildman–Crippen MR) is 56.2 cm³/mol. The molecule has 0 saturated carbocycles. The zero-order valence-electron chi connectivity index (χ0n) is 10.1. The Morgan fingerprint density at radius 1 is 1.58 bits per heavy atom. The number of aliphatic carboxylic acids is 1. The second-order valence-electron chi connectivity index (χ2n) is 3.87. The number of hydrogen-bond donors (Lipinski definition) is 1. The Kier molecular flexibility index (Phi) is 5.31. The summed E-state index contributed by atoms with van der Waals surface area (Å²) < 4.78 is 46.4. The molecule has 1 rings (SSSR count). The molecule has 0 aliphatic rings. The summed E-state index contributed by atoms with van der Waals surface area (Å²) in [5.41, 5.74) is 0.220. The first kappa shape index (κ1) is 15.4. The van der Waals surface area contributed by atoms with E-state index in [0.29, 0.717) is 5.76 Å². The van der Waals surface area contributed by atoms with Crippen molar-refractivity contribution in [3.63, 3.8) is 0 Å². The van der Waals surface area contributed by atoms with Crippen LogP contribution in [0.5, 0.6) is 0 Å². The number of carboxylic acids is 1. The summed E-state index contributed by atoms with van der Waals surface area (Å²) in [6, 6.07) is 1.43. The molecule has 0 aliphatic heterocycles. The van der Waals surface area contributed by atoms with Gasteiger partial charge in [-0.15, -0.1) is 0 Å². The number of ether oxygens (including phenoxy) is 1. The zero-order valence-corrected chi connectivity index (χ0v) is 10.1. The molecule has 0 spiro atoms. The number of rotatable bonds is 7.